The van der Waals surface area contributed by atoms with Gasteiger partial charge < -0.3 is 0 Å². The van der Waals surface area contributed by atoms with Crippen LogP contribution in [-0.2, 0) is 0 Å². The molecule has 5 aromatic carbocycles. The van der Waals surface area contributed by atoms with Crippen LogP contribution in [0.5, 0.6) is 0 Å². The molecule has 6 rings (SSSR count). The van der Waals surface area contributed by atoms with E-state index in [0.717, 1.165) is 0 Å². The van der Waals surface area contributed by atoms with Crippen LogP contribution in [0.2, 0.25) is 0 Å². The Hall–Kier alpha value is -3.73. The molecule has 1 aliphatic rings. The minimum atomic E-state index is -0.705. The summed E-state index contributed by atoms with van der Waals surface area (Å²) in [5.41, 5.74) is 10.9. The Bertz CT molecular complexity index is 1480. The second-order valence-electron chi connectivity index (χ2n) is 9.58. The molecule has 5 aromatic rings. The van der Waals surface area contributed by atoms with Crippen LogP contribution < -0.4 is 10.6 Å². The van der Waals surface area contributed by atoms with Gasteiger partial charge in [0.2, 0.25) is 0 Å². The summed E-state index contributed by atoms with van der Waals surface area (Å²) in [6, 6.07) is 47.4. The van der Waals surface area contributed by atoms with Crippen LogP contribution in [0.1, 0.15) is 44.6 Å². The van der Waals surface area contributed by atoms with Gasteiger partial charge in [-0.25, -0.2) is 0 Å². The van der Waals surface area contributed by atoms with E-state index in [-0.39, 0.29) is 5.66 Å². The first-order chi connectivity index (χ1) is 17.7. The van der Waals surface area contributed by atoms with Gasteiger partial charge in [-0.05, 0) is 71.8 Å². The van der Waals surface area contributed by atoms with E-state index in [1.165, 1.54) is 55.1 Å². The van der Waals surface area contributed by atoms with Crippen molar-refractivity contribution in [1.29, 1.82) is 0 Å². The van der Waals surface area contributed by atoms with Crippen LogP contribution in [0, 0.1) is 13.8 Å². The summed E-state index contributed by atoms with van der Waals surface area (Å²) in [6.07, 6.45) is 2.40. The van der Waals surface area contributed by atoms with Crippen molar-refractivity contribution < 1.29 is 0 Å². The molecule has 0 aromatic heterocycles. The fraction of sp³-hybridized carbons (Fsp3) is 0.0857. The van der Waals surface area contributed by atoms with Crippen molar-refractivity contribution in [2.24, 2.45) is 0 Å². The molecule has 0 saturated heterocycles. The molecule has 0 bridgehead atoms. The third-order valence-corrected chi connectivity index (χ3v) is 9.88. The third kappa shape index (κ3) is 4.23. The SMILES string of the molecule is Cc1ccc(P(c2ccc(C)cc2)[C@@H]2c3ccccc3C=C(c3ccccc3)c3ccccc32)cc1. The second kappa shape index (κ2) is 9.73. The van der Waals surface area contributed by atoms with Gasteiger partial charge >= 0.3 is 0 Å². The first kappa shape index (κ1) is 22.7. The molecule has 0 fully saturated rings. The number of rotatable bonds is 4. The topological polar surface area (TPSA) is 0 Å². The van der Waals surface area contributed by atoms with Crippen LogP contribution in [0.3, 0.4) is 0 Å². The van der Waals surface area contributed by atoms with Gasteiger partial charge in [-0.15, -0.1) is 0 Å². The number of hydrogen-bond acceptors (Lipinski definition) is 0. The molecule has 1 aliphatic carbocycles. The Labute approximate surface area is 215 Å². The van der Waals surface area contributed by atoms with Crippen LogP contribution in [0.4, 0.5) is 0 Å². The highest BCUT2D eigenvalue weighted by atomic mass is 31.1. The average molecular weight is 481 g/mol. The molecule has 0 radical (unpaired) electrons. The van der Waals surface area contributed by atoms with E-state index in [4.69, 9.17) is 0 Å². The van der Waals surface area contributed by atoms with Crippen LogP contribution in [0.15, 0.2) is 127 Å². The Morgan fingerprint density at radius 3 is 1.67 bits per heavy atom. The number of benzene rings is 5. The van der Waals surface area contributed by atoms with Crippen LogP contribution in [-0.4, -0.2) is 0 Å². The Balaban J connectivity index is 1.65. The summed E-state index contributed by atoms with van der Waals surface area (Å²) in [6.45, 7) is 4.34. The highest BCUT2D eigenvalue weighted by Crippen LogP contribution is 2.57. The predicted molar refractivity (Wildman–Crippen MR) is 157 cm³/mol. The van der Waals surface area contributed by atoms with Gasteiger partial charge in [-0.2, -0.15) is 0 Å². The normalized spacial score (nSPS) is 14.5. The van der Waals surface area contributed by atoms with Crippen molar-refractivity contribution in [3.63, 3.8) is 0 Å². The zero-order valence-electron chi connectivity index (χ0n) is 20.7. The van der Waals surface area contributed by atoms with E-state index in [1.807, 2.05) is 0 Å². The Kier molecular flexibility index (Phi) is 6.14. The van der Waals surface area contributed by atoms with Gasteiger partial charge in [0.25, 0.3) is 0 Å². The molecule has 0 saturated carbocycles. The summed E-state index contributed by atoms with van der Waals surface area (Å²) in [5, 5.41) is 2.83. The zero-order chi connectivity index (χ0) is 24.5. The van der Waals surface area contributed by atoms with E-state index in [2.05, 4.69) is 147 Å². The first-order valence-electron chi connectivity index (χ1n) is 12.6. The predicted octanol–water partition coefficient (Wildman–Crippen LogP) is 8.43. The highest BCUT2D eigenvalue weighted by molar-refractivity contribution is 7.73. The van der Waals surface area contributed by atoms with E-state index < -0.39 is 7.92 Å². The lowest BCUT2D eigenvalue weighted by Gasteiger charge is -2.31. The quantitative estimate of drug-likeness (QED) is 0.227. The van der Waals surface area contributed by atoms with Crippen molar-refractivity contribution >= 4 is 30.2 Å². The molecule has 0 nitrogen and oxygen atoms in total. The van der Waals surface area contributed by atoms with Crippen molar-refractivity contribution in [2.45, 2.75) is 19.5 Å². The van der Waals surface area contributed by atoms with Crippen LogP contribution in [0.25, 0.3) is 11.6 Å². The fourth-order valence-electron chi connectivity index (χ4n) is 5.27. The highest BCUT2D eigenvalue weighted by Gasteiger charge is 2.33. The third-order valence-electron chi connectivity index (χ3n) is 7.10. The first-order valence-corrected chi connectivity index (χ1v) is 14.0. The maximum Gasteiger partial charge on any atom is 0.0384 e. The van der Waals surface area contributed by atoms with Crippen molar-refractivity contribution in [3.8, 4) is 0 Å². The monoisotopic (exact) mass is 480 g/mol. The standard InChI is InChI=1S/C35H29P/c1-25-16-20-29(21-17-25)36(30-22-18-26(2)19-23-30)35-31-13-7-6-12-28(31)24-34(27-10-4-3-5-11-27)32-14-8-9-15-33(32)35/h3-24,35H,1-2H3/t35-/m1/s1. The summed E-state index contributed by atoms with van der Waals surface area (Å²) in [7, 11) is -0.705. The van der Waals surface area contributed by atoms with Gasteiger partial charge in [0.15, 0.2) is 0 Å². The van der Waals surface area contributed by atoms with E-state index in [9.17, 15) is 0 Å². The fourth-order valence-corrected chi connectivity index (χ4v) is 8.12. The van der Waals surface area contributed by atoms with Gasteiger partial charge in [-0.1, -0.05) is 139 Å². The Morgan fingerprint density at radius 1 is 0.500 bits per heavy atom. The smallest absolute Gasteiger partial charge is 0.0384 e. The molecule has 0 amide bonds. The second-order valence-corrected chi connectivity index (χ2v) is 11.9. The molecule has 0 aliphatic heterocycles. The number of fused-ring (bicyclic) bond motifs is 2. The lowest BCUT2D eigenvalue weighted by Crippen LogP contribution is -2.19. The average Bonchev–Trinajstić information content (AvgIpc) is 3.07. The minimum Gasteiger partial charge on any atom is -0.0622 e. The molecule has 0 spiro atoms. The van der Waals surface area contributed by atoms with E-state index >= 15 is 0 Å². The van der Waals surface area contributed by atoms with Crippen molar-refractivity contribution in [2.75, 3.05) is 0 Å². The van der Waals surface area contributed by atoms with Crippen molar-refractivity contribution in [3.05, 3.63) is 166 Å². The summed E-state index contributed by atoms with van der Waals surface area (Å²) >= 11 is 0. The summed E-state index contributed by atoms with van der Waals surface area (Å²) in [4.78, 5) is 0. The zero-order valence-corrected chi connectivity index (χ0v) is 21.6. The molecule has 174 valence electrons. The number of hydrogen-bond donors (Lipinski definition) is 0. The van der Waals surface area contributed by atoms with Crippen molar-refractivity contribution in [1.82, 2.24) is 0 Å². The summed E-state index contributed by atoms with van der Waals surface area (Å²) in [5.74, 6) is 0. The molecular weight excluding hydrogens is 451 g/mol. The Morgan fingerprint density at radius 2 is 1.03 bits per heavy atom. The van der Waals surface area contributed by atoms with Gasteiger partial charge in [0.1, 0.15) is 0 Å². The lowest BCUT2D eigenvalue weighted by molar-refractivity contribution is 1.13. The largest absolute Gasteiger partial charge is 0.0622 e. The molecule has 0 N–H and O–H groups in total. The molecule has 0 heterocycles. The van der Waals surface area contributed by atoms with E-state index in [0.29, 0.717) is 0 Å². The molecule has 1 heteroatoms. The van der Waals surface area contributed by atoms with Gasteiger partial charge in [0, 0.05) is 5.66 Å². The molecular formula is C35H29P. The lowest BCUT2D eigenvalue weighted by atomic mass is 9.93. The van der Waals surface area contributed by atoms with Crippen LogP contribution >= 0.6 is 7.92 Å². The van der Waals surface area contributed by atoms with E-state index in [1.54, 1.807) is 0 Å². The molecule has 1 atom stereocenters. The van der Waals surface area contributed by atoms with Gasteiger partial charge in [0.05, 0.1) is 0 Å². The number of aryl methyl sites for hydroxylation is 2. The van der Waals surface area contributed by atoms with Gasteiger partial charge in [-0.3, -0.25) is 0 Å². The molecule has 36 heavy (non-hydrogen) atoms. The minimum absolute atomic E-state index is 0.246. The maximum absolute atomic E-state index is 2.40. The molecule has 0 unspecified atom stereocenters. The summed E-state index contributed by atoms with van der Waals surface area (Å²) < 4.78 is 0. The maximum atomic E-state index is 2.40.